The highest BCUT2D eigenvalue weighted by Crippen LogP contribution is 2.16. The number of rotatable bonds is 4. The van der Waals surface area contributed by atoms with Crippen molar-refractivity contribution in [2.45, 2.75) is 33.0 Å². The minimum atomic E-state index is -1.89. The van der Waals surface area contributed by atoms with E-state index >= 15 is 0 Å². The average molecular weight is 321 g/mol. The molecule has 0 bridgehead atoms. The standard InChI is InChI=1S/C17H24FN3O2/c1-13(22)21-10-8-20(9-11-21)12-14-4-6-15(7-5-14)19-16(23)17(2,3)18/h4-7H,8-12H2,1-3H3,(H,19,23). The van der Waals surface area contributed by atoms with Crippen molar-refractivity contribution in [2.24, 2.45) is 0 Å². The van der Waals surface area contributed by atoms with Gasteiger partial charge < -0.3 is 10.2 Å². The maximum atomic E-state index is 13.5. The van der Waals surface area contributed by atoms with Crippen molar-refractivity contribution in [2.75, 3.05) is 31.5 Å². The molecule has 0 unspecified atom stereocenters. The van der Waals surface area contributed by atoms with Gasteiger partial charge in [0.05, 0.1) is 0 Å². The van der Waals surface area contributed by atoms with Gasteiger partial charge in [-0.2, -0.15) is 0 Å². The van der Waals surface area contributed by atoms with E-state index < -0.39 is 11.6 Å². The highest BCUT2D eigenvalue weighted by molar-refractivity contribution is 5.96. The van der Waals surface area contributed by atoms with E-state index in [9.17, 15) is 14.0 Å². The number of hydrogen-bond acceptors (Lipinski definition) is 3. The molecule has 1 aliphatic rings. The maximum Gasteiger partial charge on any atom is 0.261 e. The molecule has 2 rings (SSSR count). The summed E-state index contributed by atoms with van der Waals surface area (Å²) in [5, 5.41) is 2.56. The molecule has 126 valence electrons. The molecule has 0 radical (unpaired) electrons. The van der Waals surface area contributed by atoms with Crippen LogP contribution in [0.3, 0.4) is 0 Å². The Morgan fingerprint density at radius 1 is 1.13 bits per heavy atom. The zero-order chi connectivity index (χ0) is 17.0. The fraction of sp³-hybridized carbons (Fsp3) is 0.529. The second kappa shape index (κ2) is 7.08. The van der Waals surface area contributed by atoms with Crippen LogP contribution in [-0.4, -0.2) is 53.5 Å². The molecule has 0 saturated carbocycles. The molecule has 2 amide bonds. The van der Waals surface area contributed by atoms with Gasteiger partial charge in [0.1, 0.15) is 0 Å². The molecular formula is C17H24FN3O2. The molecule has 5 nitrogen and oxygen atoms in total. The summed E-state index contributed by atoms with van der Waals surface area (Å²) in [7, 11) is 0. The van der Waals surface area contributed by atoms with E-state index in [-0.39, 0.29) is 5.91 Å². The summed E-state index contributed by atoms with van der Waals surface area (Å²) in [6, 6.07) is 7.42. The fourth-order valence-corrected chi connectivity index (χ4v) is 2.45. The second-order valence-electron chi connectivity index (χ2n) is 6.41. The van der Waals surface area contributed by atoms with Crippen LogP contribution in [-0.2, 0) is 16.1 Å². The molecular weight excluding hydrogens is 297 g/mol. The number of carbonyl (C=O) groups is 2. The number of halogens is 1. The first kappa shape index (κ1) is 17.4. The van der Waals surface area contributed by atoms with Crippen LogP contribution < -0.4 is 5.32 Å². The van der Waals surface area contributed by atoms with Crippen molar-refractivity contribution in [3.8, 4) is 0 Å². The summed E-state index contributed by atoms with van der Waals surface area (Å²) in [5.41, 5.74) is -0.181. The Bertz CT molecular complexity index is 558. The third kappa shape index (κ3) is 5.03. The highest BCUT2D eigenvalue weighted by atomic mass is 19.1. The number of carbonyl (C=O) groups excluding carboxylic acids is 2. The van der Waals surface area contributed by atoms with Gasteiger partial charge in [-0.25, -0.2) is 4.39 Å². The van der Waals surface area contributed by atoms with E-state index in [1.165, 1.54) is 13.8 Å². The number of benzene rings is 1. The first-order chi connectivity index (χ1) is 10.8. The number of piperazine rings is 1. The number of nitrogens with one attached hydrogen (secondary N) is 1. The van der Waals surface area contributed by atoms with Gasteiger partial charge in [-0.3, -0.25) is 14.5 Å². The van der Waals surface area contributed by atoms with Gasteiger partial charge >= 0.3 is 0 Å². The Morgan fingerprint density at radius 2 is 1.70 bits per heavy atom. The second-order valence-corrected chi connectivity index (χ2v) is 6.41. The molecule has 0 aromatic heterocycles. The van der Waals surface area contributed by atoms with E-state index in [2.05, 4.69) is 10.2 Å². The Kier molecular flexibility index (Phi) is 5.36. The van der Waals surface area contributed by atoms with Crippen LogP contribution in [0.4, 0.5) is 10.1 Å². The van der Waals surface area contributed by atoms with Crippen molar-refractivity contribution in [3.05, 3.63) is 29.8 Å². The third-order valence-electron chi connectivity index (χ3n) is 3.98. The van der Waals surface area contributed by atoms with Gasteiger partial charge in [0.15, 0.2) is 5.67 Å². The normalized spacial score (nSPS) is 16.3. The molecule has 1 heterocycles. The lowest BCUT2D eigenvalue weighted by molar-refractivity contribution is -0.130. The van der Waals surface area contributed by atoms with Crippen LogP contribution >= 0.6 is 0 Å². The lowest BCUT2D eigenvalue weighted by atomic mass is 10.1. The summed E-state index contributed by atoms with van der Waals surface area (Å²) in [5.74, 6) is -0.522. The largest absolute Gasteiger partial charge is 0.340 e. The summed E-state index contributed by atoms with van der Waals surface area (Å²) in [6.45, 7) is 8.09. The lowest BCUT2D eigenvalue weighted by Gasteiger charge is -2.34. The zero-order valence-corrected chi connectivity index (χ0v) is 13.9. The van der Waals surface area contributed by atoms with Gasteiger partial charge in [-0.1, -0.05) is 12.1 Å². The summed E-state index contributed by atoms with van der Waals surface area (Å²) in [6.07, 6.45) is 0. The minimum Gasteiger partial charge on any atom is -0.340 e. The monoisotopic (exact) mass is 321 g/mol. The first-order valence-corrected chi connectivity index (χ1v) is 7.83. The van der Waals surface area contributed by atoms with Gasteiger partial charge in [0.25, 0.3) is 5.91 Å². The summed E-state index contributed by atoms with van der Waals surface area (Å²) in [4.78, 5) is 27.0. The zero-order valence-electron chi connectivity index (χ0n) is 13.9. The lowest BCUT2D eigenvalue weighted by Crippen LogP contribution is -2.47. The van der Waals surface area contributed by atoms with Crippen molar-refractivity contribution < 1.29 is 14.0 Å². The molecule has 1 aliphatic heterocycles. The predicted molar refractivity (Wildman–Crippen MR) is 87.8 cm³/mol. The van der Waals surface area contributed by atoms with Gasteiger partial charge in [-0.15, -0.1) is 0 Å². The topological polar surface area (TPSA) is 52.7 Å². The van der Waals surface area contributed by atoms with Crippen molar-refractivity contribution in [3.63, 3.8) is 0 Å². The first-order valence-electron chi connectivity index (χ1n) is 7.83. The average Bonchev–Trinajstić information content (AvgIpc) is 2.49. The van der Waals surface area contributed by atoms with Crippen molar-refractivity contribution in [1.82, 2.24) is 9.80 Å². The van der Waals surface area contributed by atoms with Crippen LogP contribution in [0.15, 0.2) is 24.3 Å². The smallest absolute Gasteiger partial charge is 0.261 e. The number of nitrogens with zero attached hydrogens (tertiary/aromatic N) is 2. The van der Waals surface area contributed by atoms with Crippen LogP contribution in [0.25, 0.3) is 0 Å². The van der Waals surface area contributed by atoms with Crippen LogP contribution in [0, 0.1) is 0 Å². The Hall–Kier alpha value is -1.95. The minimum absolute atomic E-state index is 0.125. The molecule has 1 N–H and O–H groups in total. The summed E-state index contributed by atoms with van der Waals surface area (Å²) < 4.78 is 13.5. The van der Waals surface area contributed by atoms with Crippen LogP contribution in [0.1, 0.15) is 26.3 Å². The molecule has 1 saturated heterocycles. The molecule has 0 aliphatic carbocycles. The summed E-state index contributed by atoms with van der Waals surface area (Å²) >= 11 is 0. The Labute approximate surface area is 136 Å². The number of hydrogen-bond donors (Lipinski definition) is 1. The van der Waals surface area contributed by atoms with Gasteiger partial charge in [0.2, 0.25) is 5.91 Å². The van der Waals surface area contributed by atoms with E-state index in [1.807, 2.05) is 17.0 Å². The van der Waals surface area contributed by atoms with Crippen LogP contribution in [0.2, 0.25) is 0 Å². The van der Waals surface area contributed by atoms with Crippen molar-refractivity contribution >= 4 is 17.5 Å². The molecule has 0 atom stereocenters. The molecule has 23 heavy (non-hydrogen) atoms. The van der Waals surface area contributed by atoms with Gasteiger partial charge in [0, 0.05) is 45.3 Å². The molecule has 0 spiro atoms. The fourth-order valence-electron chi connectivity index (χ4n) is 2.45. The Morgan fingerprint density at radius 3 is 2.17 bits per heavy atom. The van der Waals surface area contributed by atoms with Crippen LogP contribution in [0.5, 0.6) is 0 Å². The van der Waals surface area contributed by atoms with E-state index in [0.717, 1.165) is 38.3 Å². The number of anilines is 1. The van der Waals surface area contributed by atoms with E-state index in [0.29, 0.717) is 5.69 Å². The molecule has 1 aromatic rings. The Balaban J connectivity index is 1.86. The quantitative estimate of drug-likeness (QED) is 0.923. The van der Waals surface area contributed by atoms with Gasteiger partial charge in [-0.05, 0) is 31.5 Å². The molecule has 6 heteroatoms. The predicted octanol–water partition coefficient (Wildman–Crippen LogP) is 2.04. The number of alkyl halides is 1. The molecule has 1 aromatic carbocycles. The van der Waals surface area contributed by atoms with E-state index in [4.69, 9.17) is 0 Å². The molecule has 1 fully saturated rings. The SMILES string of the molecule is CC(=O)N1CCN(Cc2ccc(NC(=O)C(C)(C)F)cc2)CC1. The van der Waals surface area contributed by atoms with E-state index in [1.54, 1.807) is 19.1 Å². The highest BCUT2D eigenvalue weighted by Gasteiger charge is 2.26. The number of amides is 2. The van der Waals surface area contributed by atoms with Crippen molar-refractivity contribution in [1.29, 1.82) is 0 Å². The third-order valence-corrected chi connectivity index (χ3v) is 3.98. The maximum absolute atomic E-state index is 13.5.